The van der Waals surface area contributed by atoms with Gasteiger partial charge in [-0.3, -0.25) is 4.79 Å². The van der Waals surface area contributed by atoms with E-state index in [9.17, 15) is 14.7 Å². The van der Waals surface area contributed by atoms with Gasteiger partial charge in [-0.25, -0.2) is 4.79 Å². The van der Waals surface area contributed by atoms with Gasteiger partial charge < -0.3 is 14.7 Å². The van der Waals surface area contributed by atoms with Gasteiger partial charge in [-0.15, -0.1) is 0 Å². The summed E-state index contributed by atoms with van der Waals surface area (Å²) in [5.41, 5.74) is -1.33. The summed E-state index contributed by atoms with van der Waals surface area (Å²) in [5, 5.41) is 9.35. The Labute approximate surface area is 122 Å². The third-order valence-corrected chi connectivity index (χ3v) is 3.19. The van der Waals surface area contributed by atoms with Crippen LogP contribution in [0.2, 0.25) is 0 Å². The molecule has 0 saturated carbocycles. The minimum Gasteiger partial charge on any atom is -0.481 e. The van der Waals surface area contributed by atoms with E-state index < -0.39 is 23.1 Å². The molecule has 5 heteroatoms. The number of hydrogen-bond donors (Lipinski definition) is 1. The number of carboxylic acid groups (broad SMARTS) is 1. The van der Waals surface area contributed by atoms with Crippen molar-refractivity contribution in [2.75, 3.05) is 13.1 Å². The van der Waals surface area contributed by atoms with Gasteiger partial charge in [-0.05, 0) is 33.6 Å². The van der Waals surface area contributed by atoms with E-state index in [1.54, 1.807) is 20.8 Å². The number of carbonyl (C=O) groups excluding carboxylic acids is 1. The molecule has 20 heavy (non-hydrogen) atoms. The zero-order valence-corrected chi connectivity index (χ0v) is 13.7. The fraction of sp³-hybridized carbons (Fsp3) is 0.867. The van der Waals surface area contributed by atoms with E-state index >= 15 is 0 Å². The van der Waals surface area contributed by atoms with E-state index in [2.05, 4.69) is 0 Å². The number of rotatable bonds is 3. The molecular formula is C15H29NO4. The molecule has 1 fully saturated rings. The van der Waals surface area contributed by atoms with E-state index in [1.807, 2.05) is 20.8 Å². The Hall–Kier alpha value is -1.26. The third-order valence-electron chi connectivity index (χ3n) is 3.19. The van der Waals surface area contributed by atoms with E-state index in [1.165, 1.54) is 4.90 Å². The molecule has 5 nitrogen and oxygen atoms in total. The van der Waals surface area contributed by atoms with Gasteiger partial charge >= 0.3 is 12.1 Å². The molecular weight excluding hydrogens is 258 g/mol. The second-order valence-electron chi connectivity index (χ2n) is 5.99. The van der Waals surface area contributed by atoms with Gasteiger partial charge in [0.1, 0.15) is 5.60 Å². The predicted octanol–water partition coefficient (Wildman–Crippen LogP) is 3.52. The summed E-state index contributed by atoms with van der Waals surface area (Å²) in [6.07, 6.45) is 1.49. The van der Waals surface area contributed by atoms with Crippen LogP contribution >= 0.6 is 0 Å². The van der Waals surface area contributed by atoms with Gasteiger partial charge in [0.15, 0.2) is 0 Å². The Morgan fingerprint density at radius 1 is 1.30 bits per heavy atom. The van der Waals surface area contributed by atoms with Crippen LogP contribution < -0.4 is 0 Å². The molecule has 0 bridgehead atoms. The van der Waals surface area contributed by atoms with Crippen LogP contribution in [-0.4, -0.2) is 40.8 Å². The summed E-state index contributed by atoms with van der Waals surface area (Å²) in [4.78, 5) is 24.8. The van der Waals surface area contributed by atoms with Crippen LogP contribution in [0.4, 0.5) is 4.79 Å². The minimum atomic E-state index is -0.810. The zero-order chi connectivity index (χ0) is 16.0. The molecule has 0 aromatic rings. The molecule has 1 aliphatic heterocycles. The molecule has 1 N–H and O–H groups in total. The van der Waals surface area contributed by atoms with Gasteiger partial charge in [0.2, 0.25) is 0 Å². The fourth-order valence-electron chi connectivity index (χ4n) is 2.32. The molecule has 0 radical (unpaired) electrons. The van der Waals surface area contributed by atoms with Crippen LogP contribution in [0.15, 0.2) is 0 Å². The summed E-state index contributed by atoms with van der Waals surface area (Å²) in [7, 11) is 0. The molecule has 0 aromatic carbocycles. The van der Waals surface area contributed by atoms with Crippen molar-refractivity contribution in [3.8, 4) is 0 Å². The standard InChI is InChI=1S/C13H23NO4.C2H6/c1-5-6-13(10(15)16)7-8-14(9-13)11(17)18-12(2,3)4;1-2/h5-9H2,1-4H3,(H,15,16);1-2H3. The number of hydrogen-bond acceptors (Lipinski definition) is 3. The number of amides is 1. The average Bonchev–Trinajstić information content (AvgIpc) is 2.76. The highest BCUT2D eigenvalue weighted by atomic mass is 16.6. The largest absolute Gasteiger partial charge is 0.481 e. The van der Waals surface area contributed by atoms with Crippen LogP contribution in [0.5, 0.6) is 0 Å². The third kappa shape index (κ3) is 5.02. The highest BCUT2D eigenvalue weighted by Gasteiger charge is 2.46. The van der Waals surface area contributed by atoms with Crippen LogP contribution in [0.3, 0.4) is 0 Å². The molecule has 0 spiro atoms. The van der Waals surface area contributed by atoms with Crippen LogP contribution in [-0.2, 0) is 9.53 Å². The monoisotopic (exact) mass is 287 g/mol. The summed E-state index contributed by atoms with van der Waals surface area (Å²) in [5.74, 6) is -0.810. The lowest BCUT2D eigenvalue weighted by molar-refractivity contribution is -0.148. The second-order valence-corrected chi connectivity index (χ2v) is 5.99. The average molecular weight is 287 g/mol. The van der Waals surface area contributed by atoms with E-state index in [0.717, 1.165) is 6.42 Å². The smallest absolute Gasteiger partial charge is 0.410 e. The number of carboxylic acids is 1. The molecule has 1 heterocycles. The maximum Gasteiger partial charge on any atom is 0.410 e. The van der Waals surface area contributed by atoms with Crippen molar-refractivity contribution in [1.29, 1.82) is 0 Å². The molecule has 0 aliphatic carbocycles. The Kier molecular flexibility index (Phi) is 7.03. The molecule has 1 rings (SSSR count). The Morgan fingerprint density at radius 2 is 1.85 bits per heavy atom. The van der Waals surface area contributed by atoms with Crippen molar-refractivity contribution in [1.82, 2.24) is 4.90 Å². The molecule has 1 amide bonds. The lowest BCUT2D eigenvalue weighted by Gasteiger charge is -2.26. The summed E-state index contributed by atoms with van der Waals surface area (Å²) >= 11 is 0. The Bertz CT molecular complexity index is 335. The van der Waals surface area contributed by atoms with Crippen LogP contribution in [0.25, 0.3) is 0 Å². The topological polar surface area (TPSA) is 66.8 Å². The van der Waals surface area contributed by atoms with Crippen molar-refractivity contribution in [2.24, 2.45) is 5.41 Å². The van der Waals surface area contributed by atoms with Gasteiger partial charge in [0.05, 0.1) is 5.41 Å². The van der Waals surface area contributed by atoms with Gasteiger partial charge in [-0.1, -0.05) is 27.2 Å². The van der Waals surface area contributed by atoms with Crippen LogP contribution in [0.1, 0.15) is 60.8 Å². The Morgan fingerprint density at radius 3 is 2.25 bits per heavy atom. The van der Waals surface area contributed by atoms with Crippen molar-refractivity contribution >= 4 is 12.1 Å². The number of likely N-dealkylation sites (tertiary alicyclic amines) is 1. The number of carbonyl (C=O) groups is 2. The first-order valence-corrected chi connectivity index (χ1v) is 7.41. The number of aliphatic carboxylic acids is 1. The highest BCUT2D eigenvalue weighted by Crippen LogP contribution is 2.36. The first kappa shape index (κ1) is 18.7. The summed E-state index contributed by atoms with van der Waals surface area (Å²) in [6, 6.07) is 0. The van der Waals surface area contributed by atoms with Crippen molar-refractivity contribution in [3.63, 3.8) is 0 Å². The zero-order valence-electron chi connectivity index (χ0n) is 13.7. The van der Waals surface area contributed by atoms with Gasteiger partial charge in [0, 0.05) is 13.1 Å². The van der Waals surface area contributed by atoms with Gasteiger partial charge in [-0.2, -0.15) is 0 Å². The molecule has 0 aromatic heterocycles. The molecule has 118 valence electrons. The van der Waals surface area contributed by atoms with Gasteiger partial charge in [0.25, 0.3) is 0 Å². The quantitative estimate of drug-likeness (QED) is 0.862. The van der Waals surface area contributed by atoms with Crippen molar-refractivity contribution in [2.45, 2.75) is 66.4 Å². The summed E-state index contributed by atoms with van der Waals surface area (Å²) in [6.45, 7) is 12.1. The van der Waals surface area contributed by atoms with Crippen molar-refractivity contribution in [3.05, 3.63) is 0 Å². The first-order chi connectivity index (χ1) is 9.20. The molecule has 1 atom stereocenters. The van der Waals surface area contributed by atoms with E-state index in [0.29, 0.717) is 19.4 Å². The SMILES string of the molecule is CC.CCCC1(C(=O)O)CCN(C(=O)OC(C)(C)C)C1. The lowest BCUT2D eigenvalue weighted by Crippen LogP contribution is -2.39. The second kappa shape index (κ2) is 7.50. The van der Waals surface area contributed by atoms with Crippen molar-refractivity contribution < 1.29 is 19.4 Å². The maximum atomic E-state index is 11.9. The normalized spacial score (nSPS) is 22.0. The fourth-order valence-corrected chi connectivity index (χ4v) is 2.32. The predicted molar refractivity (Wildman–Crippen MR) is 78.7 cm³/mol. The van der Waals surface area contributed by atoms with E-state index in [4.69, 9.17) is 4.74 Å². The molecule has 1 saturated heterocycles. The number of ether oxygens (including phenoxy) is 1. The molecule has 1 aliphatic rings. The maximum absolute atomic E-state index is 11.9. The number of nitrogens with zero attached hydrogens (tertiary/aromatic N) is 1. The summed E-state index contributed by atoms with van der Waals surface area (Å²) < 4.78 is 5.27. The molecule has 1 unspecified atom stereocenters. The first-order valence-electron chi connectivity index (χ1n) is 7.41. The Balaban J connectivity index is 0.00000172. The van der Waals surface area contributed by atoms with E-state index in [-0.39, 0.29) is 6.54 Å². The van der Waals surface area contributed by atoms with Crippen LogP contribution in [0, 0.1) is 5.41 Å². The minimum absolute atomic E-state index is 0.255. The lowest BCUT2D eigenvalue weighted by atomic mass is 9.83. The highest BCUT2D eigenvalue weighted by molar-refractivity contribution is 5.78.